The maximum Gasteiger partial charge on any atom is 0.305 e. The van der Waals surface area contributed by atoms with Gasteiger partial charge in [0, 0.05) is 51.4 Å². The Kier molecular flexibility index (Phi) is 44.0. The number of nitrogens with zero attached hydrogens (tertiary/aromatic N) is 2. The number of unbranched alkanes of at least 4 members (excludes halogenated alkanes) is 19. The molecule has 0 spiro atoms. The van der Waals surface area contributed by atoms with Crippen molar-refractivity contribution in [2.75, 3.05) is 65.6 Å². The number of esters is 2. The normalized spacial score (nSPS) is 12.2. The third-order valence-electron chi connectivity index (χ3n) is 12.3. The van der Waals surface area contributed by atoms with Crippen molar-refractivity contribution < 1.29 is 29.0 Å². The fraction of sp³-hybridized carbons (Fsp3) is 0.941. The van der Waals surface area contributed by atoms with E-state index >= 15 is 0 Å². The smallest absolute Gasteiger partial charge is 0.305 e. The van der Waals surface area contributed by atoms with Gasteiger partial charge in [-0.2, -0.15) is 0 Å². The van der Waals surface area contributed by atoms with Crippen molar-refractivity contribution in [1.82, 2.24) is 15.1 Å². The molecule has 60 heavy (non-hydrogen) atoms. The zero-order chi connectivity index (χ0) is 44.2. The Bertz CT molecular complexity index is 922. The summed E-state index contributed by atoms with van der Waals surface area (Å²) in [6.07, 6.45) is 34.0. The molecule has 9 heteroatoms. The van der Waals surface area contributed by atoms with Crippen molar-refractivity contribution in [3.63, 3.8) is 0 Å². The van der Waals surface area contributed by atoms with E-state index in [2.05, 4.69) is 49.7 Å². The Hall–Kier alpha value is -1.71. The molecular weight excluding hydrogens is 751 g/mol. The first-order valence-corrected chi connectivity index (χ1v) is 26.0. The number of amides is 1. The van der Waals surface area contributed by atoms with Crippen LogP contribution < -0.4 is 5.32 Å². The van der Waals surface area contributed by atoms with Crippen LogP contribution in [0.4, 0.5) is 0 Å². The molecule has 0 bridgehead atoms. The van der Waals surface area contributed by atoms with E-state index in [4.69, 9.17) is 9.47 Å². The molecule has 0 aromatic heterocycles. The molecule has 0 radical (unpaired) electrons. The summed E-state index contributed by atoms with van der Waals surface area (Å²) in [4.78, 5) is 42.5. The standard InChI is InChI=1S/C51H101N3O6/c1-6-11-15-19-22-25-33-47(32-24-18-14-9-4)44-52-49(56)35-26-23-30-38-53(10-5)40-41-54(42-43-55)39-31-29-34-48(45-59-50(57)36-27-20-16-12-7-2)46-60-51(58)37-28-21-17-13-8-3/h47-48,55H,6-46H2,1-5H3,(H,52,56). The molecule has 0 saturated heterocycles. The lowest BCUT2D eigenvalue weighted by molar-refractivity contribution is -0.149. The van der Waals surface area contributed by atoms with E-state index in [0.29, 0.717) is 44.9 Å². The second kappa shape index (κ2) is 45.3. The molecule has 0 saturated carbocycles. The van der Waals surface area contributed by atoms with E-state index in [0.717, 1.165) is 116 Å². The van der Waals surface area contributed by atoms with Gasteiger partial charge in [0.2, 0.25) is 5.91 Å². The molecule has 2 N–H and O–H groups in total. The number of likely N-dealkylation sites (N-methyl/N-ethyl adjacent to an activating group) is 1. The van der Waals surface area contributed by atoms with E-state index in [1.54, 1.807) is 0 Å². The number of carbonyl (C=O) groups excluding carboxylic acids is 3. The number of hydrogen-bond donors (Lipinski definition) is 2. The van der Waals surface area contributed by atoms with E-state index in [1.165, 1.54) is 103 Å². The number of ether oxygens (including phenoxy) is 2. The minimum atomic E-state index is -0.148. The zero-order valence-corrected chi connectivity index (χ0v) is 40.5. The quantitative estimate of drug-likeness (QED) is 0.0460. The highest BCUT2D eigenvalue weighted by atomic mass is 16.5. The average Bonchev–Trinajstić information content (AvgIpc) is 3.25. The highest BCUT2D eigenvalue weighted by Gasteiger charge is 2.17. The van der Waals surface area contributed by atoms with Gasteiger partial charge in [-0.05, 0) is 76.9 Å². The van der Waals surface area contributed by atoms with Crippen LogP contribution in [0.15, 0.2) is 0 Å². The summed E-state index contributed by atoms with van der Waals surface area (Å²) in [6, 6.07) is 0. The van der Waals surface area contributed by atoms with Gasteiger partial charge in [-0.1, -0.05) is 163 Å². The van der Waals surface area contributed by atoms with Crippen molar-refractivity contribution in [2.45, 2.75) is 234 Å². The number of rotatable bonds is 47. The van der Waals surface area contributed by atoms with Crippen LogP contribution in [-0.4, -0.2) is 98.4 Å². The molecule has 1 amide bonds. The highest BCUT2D eigenvalue weighted by Crippen LogP contribution is 2.19. The third kappa shape index (κ3) is 39.2. The van der Waals surface area contributed by atoms with Crippen LogP contribution in [-0.2, 0) is 23.9 Å². The van der Waals surface area contributed by atoms with E-state index < -0.39 is 0 Å². The number of nitrogens with one attached hydrogen (secondary N) is 1. The fourth-order valence-corrected chi connectivity index (χ4v) is 8.05. The van der Waals surface area contributed by atoms with Crippen LogP contribution in [0.5, 0.6) is 0 Å². The molecule has 1 unspecified atom stereocenters. The van der Waals surface area contributed by atoms with Gasteiger partial charge in [-0.3, -0.25) is 19.3 Å². The van der Waals surface area contributed by atoms with Crippen LogP contribution in [0.2, 0.25) is 0 Å². The zero-order valence-electron chi connectivity index (χ0n) is 40.5. The molecule has 0 aliphatic rings. The summed E-state index contributed by atoms with van der Waals surface area (Å²) in [7, 11) is 0. The van der Waals surface area contributed by atoms with Gasteiger partial charge < -0.3 is 24.8 Å². The van der Waals surface area contributed by atoms with Crippen molar-refractivity contribution in [2.24, 2.45) is 11.8 Å². The molecule has 0 aliphatic carbocycles. The van der Waals surface area contributed by atoms with E-state index in [1.807, 2.05) is 0 Å². The third-order valence-corrected chi connectivity index (χ3v) is 12.3. The van der Waals surface area contributed by atoms with Gasteiger partial charge in [0.25, 0.3) is 0 Å². The summed E-state index contributed by atoms with van der Waals surface area (Å²) in [5.41, 5.74) is 0. The topological polar surface area (TPSA) is 108 Å². The fourth-order valence-electron chi connectivity index (χ4n) is 8.05. The summed E-state index contributed by atoms with van der Waals surface area (Å²) >= 11 is 0. The van der Waals surface area contributed by atoms with Gasteiger partial charge in [0.05, 0.1) is 19.8 Å². The number of aliphatic hydroxyl groups excluding tert-OH is 1. The SMILES string of the molecule is CCCCCCCCC(CCCCCC)CNC(=O)CCCCCN(CC)CCN(CCO)CCCCC(COC(=O)CCCCCCC)COC(=O)CCCCCCC. The largest absolute Gasteiger partial charge is 0.465 e. The summed E-state index contributed by atoms with van der Waals surface area (Å²) in [5.74, 6) is 0.542. The molecule has 0 fully saturated rings. The van der Waals surface area contributed by atoms with Crippen LogP contribution >= 0.6 is 0 Å². The Morgan fingerprint density at radius 3 is 1.38 bits per heavy atom. The first-order valence-electron chi connectivity index (χ1n) is 26.0. The van der Waals surface area contributed by atoms with Crippen LogP contribution in [0.1, 0.15) is 234 Å². The molecule has 1 atom stereocenters. The summed E-state index contributed by atoms with van der Waals surface area (Å²) < 4.78 is 11.4. The first kappa shape index (κ1) is 58.3. The monoisotopic (exact) mass is 852 g/mol. The van der Waals surface area contributed by atoms with Gasteiger partial charge in [-0.25, -0.2) is 0 Å². The molecule has 0 heterocycles. The van der Waals surface area contributed by atoms with Gasteiger partial charge >= 0.3 is 11.9 Å². The summed E-state index contributed by atoms with van der Waals surface area (Å²) in [5, 5.41) is 13.1. The number of aliphatic hydroxyl groups is 1. The minimum Gasteiger partial charge on any atom is -0.465 e. The lowest BCUT2D eigenvalue weighted by Gasteiger charge is -2.27. The van der Waals surface area contributed by atoms with Crippen LogP contribution in [0, 0.1) is 11.8 Å². The Labute approximate surface area is 372 Å². The molecular formula is C51H101N3O6. The Morgan fingerprint density at radius 2 is 0.850 bits per heavy atom. The molecule has 0 aliphatic heterocycles. The molecule has 356 valence electrons. The first-order chi connectivity index (χ1) is 29.3. The lowest BCUT2D eigenvalue weighted by atomic mass is 9.94. The van der Waals surface area contributed by atoms with Gasteiger partial charge in [-0.15, -0.1) is 0 Å². The van der Waals surface area contributed by atoms with Crippen molar-refractivity contribution in [3.8, 4) is 0 Å². The number of hydrogen-bond acceptors (Lipinski definition) is 8. The van der Waals surface area contributed by atoms with Crippen molar-refractivity contribution in [3.05, 3.63) is 0 Å². The Balaban J connectivity index is 4.65. The van der Waals surface area contributed by atoms with Crippen LogP contribution in [0.3, 0.4) is 0 Å². The maximum atomic E-state index is 12.8. The molecule has 0 aromatic carbocycles. The second-order valence-corrected chi connectivity index (χ2v) is 17.9. The van der Waals surface area contributed by atoms with E-state index in [9.17, 15) is 19.5 Å². The van der Waals surface area contributed by atoms with Gasteiger partial charge in [0.1, 0.15) is 0 Å². The molecule has 0 aromatic rings. The summed E-state index contributed by atoms with van der Waals surface area (Å²) in [6.45, 7) is 18.1. The lowest BCUT2D eigenvalue weighted by Crippen LogP contribution is -2.37. The highest BCUT2D eigenvalue weighted by molar-refractivity contribution is 5.75. The van der Waals surface area contributed by atoms with Crippen LogP contribution in [0.25, 0.3) is 0 Å². The average molecular weight is 852 g/mol. The predicted octanol–water partition coefficient (Wildman–Crippen LogP) is 12.2. The van der Waals surface area contributed by atoms with Gasteiger partial charge in [0.15, 0.2) is 0 Å². The molecule has 0 rings (SSSR count). The number of carbonyl (C=O) groups is 3. The maximum absolute atomic E-state index is 12.8. The van der Waals surface area contributed by atoms with E-state index in [-0.39, 0.29) is 30.4 Å². The predicted molar refractivity (Wildman–Crippen MR) is 253 cm³/mol. The second-order valence-electron chi connectivity index (χ2n) is 17.9. The van der Waals surface area contributed by atoms with Crippen molar-refractivity contribution in [1.29, 1.82) is 0 Å². The molecule has 9 nitrogen and oxygen atoms in total. The Morgan fingerprint density at radius 1 is 0.450 bits per heavy atom. The van der Waals surface area contributed by atoms with Crippen molar-refractivity contribution >= 4 is 17.8 Å². The minimum absolute atomic E-state index is 0.00169.